The molecule has 0 unspecified atom stereocenters. The molecule has 0 aliphatic rings. The number of nitrogens with two attached hydrogens (primary N) is 1. The number of nitrogens with zero attached hydrogens (tertiary/aromatic N) is 2. The van der Waals surface area contributed by atoms with Gasteiger partial charge in [-0.25, -0.2) is 4.39 Å². The van der Waals surface area contributed by atoms with Crippen LogP contribution in [0.5, 0.6) is 0 Å². The Bertz CT molecular complexity index is 621. The molecule has 1 heterocycles. The van der Waals surface area contributed by atoms with Crippen molar-refractivity contribution in [1.82, 2.24) is 9.78 Å². The van der Waals surface area contributed by atoms with Gasteiger partial charge in [-0.3, -0.25) is 10.1 Å². The number of rotatable bonds is 4. The smallest absolute Gasteiger partial charge is 0.127 e. The molecule has 0 saturated carbocycles. The van der Waals surface area contributed by atoms with Gasteiger partial charge in [-0.05, 0) is 24.6 Å². The Balaban J connectivity index is 2.12. The Morgan fingerprint density at radius 3 is 2.74 bits per heavy atom. The fourth-order valence-electron chi connectivity index (χ4n) is 1.71. The standard InChI is InChI=1S/C13H15FN4S/c1-8-5-12(18(2)17-8)19-7-10-4-3-9(13(15)16)6-11(10)14/h3-6H,7H2,1-2H3,(H3,15,16). The third-order valence-electron chi connectivity index (χ3n) is 2.70. The van der Waals surface area contributed by atoms with E-state index < -0.39 is 0 Å². The van der Waals surface area contributed by atoms with Crippen molar-refractivity contribution in [3.8, 4) is 0 Å². The molecule has 1 aromatic heterocycles. The second-order valence-corrected chi connectivity index (χ2v) is 5.25. The Hall–Kier alpha value is -1.82. The summed E-state index contributed by atoms with van der Waals surface area (Å²) in [6.45, 7) is 1.92. The minimum atomic E-state index is -0.334. The van der Waals surface area contributed by atoms with Crippen molar-refractivity contribution in [3.63, 3.8) is 0 Å². The highest BCUT2D eigenvalue weighted by Crippen LogP contribution is 2.24. The number of nitrogen functional groups attached to an aromatic ring is 1. The van der Waals surface area contributed by atoms with Gasteiger partial charge in [-0.2, -0.15) is 5.10 Å². The topological polar surface area (TPSA) is 67.7 Å². The van der Waals surface area contributed by atoms with Crippen LogP contribution in [0.15, 0.2) is 29.3 Å². The predicted molar refractivity (Wildman–Crippen MR) is 74.9 cm³/mol. The molecule has 0 fully saturated rings. The Morgan fingerprint density at radius 2 is 2.21 bits per heavy atom. The zero-order chi connectivity index (χ0) is 14.0. The third kappa shape index (κ3) is 3.14. The molecule has 0 bridgehead atoms. The SMILES string of the molecule is Cc1cc(SCc2ccc(C(=N)N)cc2F)n(C)n1. The van der Waals surface area contributed by atoms with E-state index in [0.717, 1.165) is 10.7 Å². The molecule has 1 aromatic carbocycles. The summed E-state index contributed by atoms with van der Waals surface area (Å²) in [6, 6.07) is 6.59. The summed E-state index contributed by atoms with van der Waals surface area (Å²) >= 11 is 1.52. The van der Waals surface area contributed by atoms with Crippen LogP contribution in [0.4, 0.5) is 4.39 Å². The predicted octanol–water partition coefficient (Wildman–Crippen LogP) is 2.44. The molecular weight excluding hydrogens is 263 g/mol. The van der Waals surface area contributed by atoms with Crippen LogP contribution in [-0.2, 0) is 12.8 Å². The van der Waals surface area contributed by atoms with Crippen LogP contribution >= 0.6 is 11.8 Å². The lowest BCUT2D eigenvalue weighted by Gasteiger charge is -2.05. The van der Waals surface area contributed by atoms with Crippen molar-refractivity contribution in [1.29, 1.82) is 5.41 Å². The second kappa shape index (κ2) is 5.44. The first-order chi connectivity index (χ1) is 8.97. The van der Waals surface area contributed by atoms with Gasteiger partial charge in [-0.15, -0.1) is 11.8 Å². The highest BCUT2D eigenvalue weighted by molar-refractivity contribution is 7.98. The fourth-order valence-corrected chi connectivity index (χ4v) is 2.72. The highest BCUT2D eigenvalue weighted by atomic mass is 32.2. The number of hydrogen-bond acceptors (Lipinski definition) is 3. The van der Waals surface area contributed by atoms with Crippen LogP contribution in [0.3, 0.4) is 0 Å². The first-order valence-electron chi connectivity index (χ1n) is 5.73. The quantitative estimate of drug-likeness (QED) is 0.513. The molecule has 100 valence electrons. The second-order valence-electron chi connectivity index (χ2n) is 4.26. The van der Waals surface area contributed by atoms with Crippen molar-refractivity contribution >= 4 is 17.6 Å². The number of aromatic nitrogens is 2. The number of halogens is 1. The van der Waals surface area contributed by atoms with E-state index in [1.54, 1.807) is 16.8 Å². The van der Waals surface area contributed by atoms with E-state index in [-0.39, 0.29) is 11.7 Å². The van der Waals surface area contributed by atoms with Gasteiger partial charge in [0.05, 0.1) is 10.7 Å². The van der Waals surface area contributed by atoms with E-state index in [0.29, 0.717) is 16.9 Å². The summed E-state index contributed by atoms with van der Waals surface area (Å²) in [5.74, 6) is 0.0580. The Kier molecular flexibility index (Phi) is 3.90. The molecule has 0 spiro atoms. The molecule has 4 nitrogen and oxygen atoms in total. The molecule has 0 atom stereocenters. The molecule has 6 heteroatoms. The van der Waals surface area contributed by atoms with Gasteiger partial charge in [0.15, 0.2) is 0 Å². The Labute approximate surface area is 115 Å². The molecule has 0 radical (unpaired) electrons. The van der Waals surface area contributed by atoms with E-state index in [2.05, 4.69) is 5.10 Å². The van der Waals surface area contributed by atoms with Gasteiger partial charge >= 0.3 is 0 Å². The summed E-state index contributed by atoms with van der Waals surface area (Å²) in [5, 5.41) is 12.5. The fraction of sp³-hybridized carbons (Fsp3) is 0.231. The molecule has 0 aliphatic heterocycles. The maximum absolute atomic E-state index is 13.8. The molecule has 2 rings (SSSR count). The number of aryl methyl sites for hydroxylation is 2. The largest absolute Gasteiger partial charge is 0.384 e. The molecule has 0 amide bonds. The number of nitrogens with one attached hydrogen (secondary N) is 1. The van der Waals surface area contributed by atoms with Crippen LogP contribution in [0.1, 0.15) is 16.8 Å². The van der Waals surface area contributed by atoms with Gasteiger partial charge in [0, 0.05) is 18.4 Å². The summed E-state index contributed by atoms with van der Waals surface area (Å²) < 4.78 is 15.6. The number of benzene rings is 1. The molecule has 3 N–H and O–H groups in total. The molecule has 0 aliphatic carbocycles. The average molecular weight is 278 g/mol. The summed E-state index contributed by atoms with van der Waals surface area (Å²) in [7, 11) is 1.87. The first kappa shape index (κ1) is 13.6. The van der Waals surface area contributed by atoms with Crippen molar-refractivity contribution in [2.75, 3.05) is 0 Å². The van der Waals surface area contributed by atoms with Gasteiger partial charge in [0.1, 0.15) is 11.7 Å². The van der Waals surface area contributed by atoms with E-state index in [1.807, 2.05) is 20.0 Å². The van der Waals surface area contributed by atoms with E-state index in [9.17, 15) is 4.39 Å². The number of thioether (sulfide) groups is 1. The summed E-state index contributed by atoms with van der Waals surface area (Å²) in [4.78, 5) is 0. The van der Waals surface area contributed by atoms with Gasteiger partial charge in [0.25, 0.3) is 0 Å². The maximum atomic E-state index is 13.8. The Morgan fingerprint density at radius 1 is 1.47 bits per heavy atom. The van der Waals surface area contributed by atoms with Crippen molar-refractivity contribution < 1.29 is 4.39 Å². The number of amidine groups is 1. The van der Waals surface area contributed by atoms with Crippen LogP contribution in [0.2, 0.25) is 0 Å². The third-order valence-corrected chi connectivity index (χ3v) is 3.83. The van der Waals surface area contributed by atoms with E-state index in [4.69, 9.17) is 11.1 Å². The number of hydrogen-bond donors (Lipinski definition) is 2. The first-order valence-corrected chi connectivity index (χ1v) is 6.72. The van der Waals surface area contributed by atoms with Gasteiger partial charge in [0.2, 0.25) is 0 Å². The van der Waals surface area contributed by atoms with Crippen molar-refractivity contribution in [2.24, 2.45) is 12.8 Å². The zero-order valence-electron chi connectivity index (χ0n) is 10.8. The lowest BCUT2D eigenvalue weighted by atomic mass is 10.1. The van der Waals surface area contributed by atoms with Crippen LogP contribution < -0.4 is 5.73 Å². The maximum Gasteiger partial charge on any atom is 0.127 e. The monoisotopic (exact) mass is 278 g/mol. The molecular formula is C13H15FN4S. The van der Waals surface area contributed by atoms with Gasteiger partial charge in [-0.1, -0.05) is 12.1 Å². The van der Waals surface area contributed by atoms with E-state index >= 15 is 0 Å². The molecule has 19 heavy (non-hydrogen) atoms. The van der Waals surface area contributed by atoms with Gasteiger partial charge < -0.3 is 5.73 Å². The summed E-state index contributed by atoms with van der Waals surface area (Å²) in [6.07, 6.45) is 0. The highest BCUT2D eigenvalue weighted by Gasteiger charge is 2.08. The van der Waals surface area contributed by atoms with Crippen LogP contribution in [-0.4, -0.2) is 15.6 Å². The molecule has 2 aromatic rings. The minimum absolute atomic E-state index is 0.125. The lowest BCUT2D eigenvalue weighted by molar-refractivity contribution is 0.616. The lowest BCUT2D eigenvalue weighted by Crippen LogP contribution is -2.11. The minimum Gasteiger partial charge on any atom is -0.384 e. The summed E-state index contributed by atoms with van der Waals surface area (Å²) in [5.41, 5.74) is 7.26. The zero-order valence-corrected chi connectivity index (χ0v) is 11.6. The van der Waals surface area contributed by atoms with Crippen LogP contribution in [0.25, 0.3) is 0 Å². The van der Waals surface area contributed by atoms with Crippen molar-refractivity contribution in [3.05, 3.63) is 46.9 Å². The van der Waals surface area contributed by atoms with Crippen molar-refractivity contribution in [2.45, 2.75) is 17.7 Å². The van der Waals surface area contributed by atoms with Crippen LogP contribution in [0, 0.1) is 18.2 Å². The van der Waals surface area contributed by atoms with E-state index in [1.165, 1.54) is 17.8 Å². The molecule has 0 saturated heterocycles. The average Bonchev–Trinajstić information content (AvgIpc) is 2.66. The normalized spacial score (nSPS) is 10.7.